The lowest BCUT2D eigenvalue weighted by molar-refractivity contribution is 0.0690. The minimum absolute atomic E-state index is 0.0758. The lowest BCUT2D eigenvalue weighted by atomic mass is 10.1. The molecule has 0 fully saturated rings. The van der Waals surface area contributed by atoms with Gasteiger partial charge in [-0.05, 0) is 32.9 Å². The highest BCUT2D eigenvalue weighted by Crippen LogP contribution is 2.20. The topological polar surface area (TPSA) is 88.2 Å². The van der Waals surface area contributed by atoms with Gasteiger partial charge in [-0.25, -0.2) is 14.8 Å². The average Bonchev–Trinajstić information content (AvgIpc) is 2.79. The summed E-state index contributed by atoms with van der Waals surface area (Å²) in [6.07, 6.45) is 1.49. The fourth-order valence-electron chi connectivity index (χ4n) is 1.52. The van der Waals surface area contributed by atoms with Crippen molar-refractivity contribution in [1.82, 2.24) is 9.97 Å². The zero-order valence-electron chi connectivity index (χ0n) is 11.0. The van der Waals surface area contributed by atoms with Crippen LogP contribution in [-0.2, 0) is 0 Å². The number of carboxylic acid groups (broad SMARTS) is 1. The Labute approximate surface area is 110 Å². The Morgan fingerprint density at radius 1 is 1.37 bits per heavy atom. The van der Waals surface area contributed by atoms with E-state index in [0.717, 1.165) is 0 Å². The van der Waals surface area contributed by atoms with Gasteiger partial charge in [-0.1, -0.05) is 0 Å². The predicted molar refractivity (Wildman–Crippen MR) is 70.1 cm³/mol. The van der Waals surface area contributed by atoms with Crippen LogP contribution < -0.4 is 5.32 Å². The Hall–Kier alpha value is -2.37. The number of hydrogen-bond donors (Lipinski definition) is 2. The summed E-state index contributed by atoms with van der Waals surface area (Å²) in [4.78, 5) is 19.3. The highest BCUT2D eigenvalue weighted by atomic mass is 16.4. The van der Waals surface area contributed by atoms with Gasteiger partial charge in [-0.15, -0.1) is 0 Å². The lowest BCUT2D eigenvalue weighted by Gasteiger charge is -2.21. The molecule has 0 aliphatic carbocycles. The number of nitrogens with zero attached hydrogens (tertiary/aromatic N) is 2. The van der Waals surface area contributed by atoms with E-state index in [1.165, 1.54) is 12.3 Å². The third-order valence-corrected chi connectivity index (χ3v) is 2.19. The van der Waals surface area contributed by atoms with E-state index < -0.39 is 5.97 Å². The summed E-state index contributed by atoms with van der Waals surface area (Å²) in [5, 5.41) is 12.2. The van der Waals surface area contributed by atoms with Crippen molar-refractivity contribution in [1.29, 1.82) is 0 Å². The molecule has 0 aromatic carbocycles. The van der Waals surface area contributed by atoms with Crippen molar-refractivity contribution in [2.45, 2.75) is 26.3 Å². The van der Waals surface area contributed by atoms with Crippen molar-refractivity contribution in [3.05, 3.63) is 30.2 Å². The zero-order chi connectivity index (χ0) is 14.0. The summed E-state index contributed by atoms with van der Waals surface area (Å²) in [5.41, 5.74) is -0.307. The Balaban J connectivity index is 2.47. The van der Waals surface area contributed by atoms with Crippen LogP contribution in [0, 0.1) is 0 Å². The molecule has 6 nitrogen and oxygen atoms in total. The van der Waals surface area contributed by atoms with Crippen molar-refractivity contribution in [3.8, 4) is 11.6 Å². The van der Waals surface area contributed by atoms with E-state index in [1.807, 2.05) is 20.8 Å². The first-order valence-corrected chi connectivity index (χ1v) is 5.79. The second-order valence-electron chi connectivity index (χ2n) is 5.12. The number of nitrogens with one attached hydrogen (secondary N) is 1. The van der Waals surface area contributed by atoms with Gasteiger partial charge in [0.15, 0.2) is 17.3 Å². The molecule has 0 saturated heterocycles. The minimum Gasteiger partial charge on any atom is -0.477 e. The minimum atomic E-state index is -1.10. The standard InChI is InChI=1S/C13H15N3O3/c1-13(2,3)16-10-7-8(12(17)18)14-11(15-10)9-5-4-6-19-9/h4-7H,1-3H3,(H,17,18)(H,14,15,16). The fraction of sp³-hybridized carbons (Fsp3) is 0.308. The first kappa shape index (κ1) is 13.1. The molecule has 2 rings (SSSR count). The van der Waals surface area contributed by atoms with Crippen molar-refractivity contribution in [3.63, 3.8) is 0 Å². The maximum atomic E-state index is 11.1. The van der Waals surface area contributed by atoms with E-state index in [9.17, 15) is 4.79 Å². The number of hydrogen-bond acceptors (Lipinski definition) is 5. The van der Waals surface area contributed by atoms with Crippen LogP contribution in [0.5, 0.6) is 0 Å². The molecule has 0 aliphatic rings. The van der Waals surface area contributed by atoms with Gasteiger partial charge in [0, 0.05) is 11.6 Å². The molecule has 6 heteroatoms. The van der Waals surface area contributed by atoms with E-state index in [-0.39, 0.29) is 17.1 Å². The van der Waals surface area contributed by atoms with E-state index in [2.05, 4.69) is 15.3 Å². The van der Waals surface area contributed by atoms with Gasteiger partial charge < -0.3 is 14.8 Å². The van der Waals surface area contributed by atoms with Crippen LogP contribution in [0.3, 0.4) is 0 Å². The highest BCUT2D eigenvalue weighted by Gasteiger charge is 2.16. The normalized spacial score (nSPS) is 11.3. The molecule has 19 heavy (non-hydrogen) atoms. The predicted octanol–water partition coefficient (Wildman–Crippen LogP) is 2.65. The number of carboxylic acids is 1. The van der Waals surface area contributed by atoms with Gasteiger partial charge in [0.25, 0.3) is 0 Å². The van der Waals surface area contributed by atoms with Crippen LogP contribution in [0.1, 0.15) is 31.3 Å². The van der Waals surface area contributed by atoms with E-state index in [0.29, 0.717) is 11.6 Å². The van der Waals surface area contributed by atoms with Crippen LogP contribution in [0.15, 0.2) is 28.9 Å². The molecule has 0 amide bonds. The van der Waals surface area contributed by atoms with Crippen LogP contribution in [0.25, 0.3) is 11.6 Å². The molecule has 2 aromatic heterocycles. The quantitative estimate of drug-likeness (QED) is 0.883. The monoisotopic (exact) mass is 261 g/mol. The molecule has 0 radical (unpaired) electrons. The number of aromatic carboxylic acids is 1. The van der Waals surface area contributed by atoms with Gasteiger partial charge >= 0.3 is 5.97 Å². The number of aromatic nitrogens is 2. The maximum Gasteiger partial charge on any atom is 0.354 e. The first-order valence-electron chi connectivity index (χ1n) is 5.79. The van der Waals surface area contributed by atoms with E-state index in [4.69, 9.17) is 9.52 Å². The number of carbonyl (C=O) groups is 1. The molecule has 0 atom stereocenters. The molecular formula is C13H15N3O3. The largest absolute Gasteiger partial charge is 0.477 e. The second-order valence-corrected chi connectivity index (χ2v) is 5.12. The van der Waals surface area contributed by atoms with Gasteiger partial charge in [-0.2, -0.15) is 0 Å². The third-order valence-electron chi connectivity index (χ3n) is 2.19. The molecular weight excluding hydrogens is 246 g/mol. The maximum absolute atomic E-state index is 11.1. The van der Waals surface area contributed by atoms with Crippen molar-refractivity contribution < 1.29 is 14.3 Å². The SMILES string of the molecule is CC(C)(C)Nc1cc(C(=O)O)nc(-c2ccco2)n1. The summed E-state index contributed by atoms with van der Waals surface area (Å²) >= 11 is 0. The molecule has 0 aliphatic heterocycles. The summed E-state index contributed by atoms with van der Waals surface area (Å²) in [6.45, 7) is 5.88. The highest BCUT2D eigenvalue weighted by molar-refractivity contribution is 5.86. The number of furan rings is 1. The summed E-state index contributed by atoms with van der Waals surface area (Å²) in [5.74, 6) is 0.0233. The van der Waals surface area contributed by atoms with Crippen LogP contribution in [0.4, 0.5) is 5.82 Å². The molecule has 0 saturated carbocycles. The summed E-state index contributed by atoms with van der Waals surface area (Å²) in [7, 11) is 0. The van der Waals surface area contributed by atoms with Gasteiger partial charge in [0.1, 0.15) is 5.82 Å². The Morgan fingerprint density at radius 3 is 2.63 bits per heavy atom. The van der Waals surface area contributed by atoms with Gasteiger partial charge in [0.05, 0.1) is 6.26 Å². The van der Waals surface area contributed by atoms with Gasteiger partial charge in [0.2, 0.25) is 0 Å². The third kappa shape index (κ3) is 3.31. The molecule has 100 valence electrons. The summed E-state index contributed by atoms with van der Waals surface area (Å²) in [6, 6.07) is 4.78. The Morgan fingerprint density at radius 2 is 2.11 bits per heavy atom. The van der Waals surface area contributed by atoms with Gasteiger partial charge in [-0.3, -0.25) is 0 Å². The second kappa shape index (κ2) is 4.72. The van der Waals surface area contributed by atoms with Crippen LogP contribution in [-0.4, -0.2) is 26.6 Å². The Kier molecular flexibility index (Phi) is 3.25. The molecule has 2 aromatic rings. The molecule has 2 N–H and O–H groups in total. The molecule has 0 unspecified atom stereocenters. The van der Waals surface area contributed by atoms with E-state index >= 15 is 0 Å². The van der Waals surface area contributed by atoms with Crippen molar-refractivity contribution in [2.24, 2.45) is 0 Å². The molecule has 0 spiro atoms. The van der Waals surface area contributed by atoms with Crippen LogP contribution >= 0.6 is 0 Å². The average molecular weight is 261 g/mol. The fourth-order valence-corrected chi connectivity index (χ4v) is 1.52. The zero-order valence-corrected chi connectivity index (χ0v) is 11.0. The lowest BCUT2D eigenvalue weighted by Crippen LogP contribution is -2.27. The smallest absolute Gasteiger partial charge is 0.354 e. The number of rotatable bonds is 3. The van der Waals surface area contributed by atoms with Crippen LogP contribution in [0.2, 0.25) is 0 Å². The first-order chi connectivity index (χ1) is 8.85. The molecule has 2 heterocycles. The van der Waals surface area contributed by atoms with Crippen molar-refractivity contribution >= 4 is 11.8 Å². The number of anilines is 1. The Bertz CT molecular complexity index is 586. The molecule has 0 bridgehead atoms. The van der Waals surface area contributed by atoms with E-state index in [1.54, 1.807) is 12.1 Å². The summed E-state index contributed by atoms with van der Waals surface area (Å²) < 4.78 is 5.19. The van der Waals surface area contributed by atoms with Crippen molar-refractivity contribution in [2.75, 3.05) is 5.32 Å².